The van der Waals surface area contributed by atoms with E-state index in [2.05, 4.69) is 187 Å². The van der Waals surface area contributed by atoms with Crippen molar-refractivity contribution in [2.45, 2.75) is 0 Å². The van der Waals surface area contributed by atoms with E-state index in [1.165, 1.54) is 26.7 Å². The highest BCUT2D eigenvalue weighted by Crippen LogP contribution is 2.30. The van der Waals surface area contributed by atoms with Crippen LogP contribution in [-0.2, 0) is 0 Å². The highest BCUT2D eigenvalue weighted by atomic mass is 28.3. The summed E-state index contributed by atoms with van der Waals surface area (Å²) in [6.45, 7) is 0. The van der Waals surface area contributed by atoms with Gasteiger partial charge < -0.3 is 4.57 Å². The molecule has 0 bridgehead atoms. The molecular weight excluding hydrogens is 549 g/mol. The van der Waals surface area contributed by atoms with E-state index in [1.807, 2.05) is 0 Å². The topological polar surface area (TPSA) is 17.8 Å². The Morgan fingerprint density at radius 2 is 0.886 bits per heavy atom. The number of aromatic nitrogens is 2. The van der Waals surface area contributed by atoms with E-state index in [4.69, 9.17) is 4.98 Å². The predicted molar refractivity (Wildman–Crippen MR) is 188 cm³/mol. The standard InChI is InChI=1S/C41H30N2Si/c1-5-15-31(16-6-1)32-25-27-36(28-26-32)44(34-19-9-3-10-20-34,35-21-11-4-12-22-35)40-30-29-39-41(42-40)37-23-13-14-24-38(37)43(39)33-17-7-2-8-18-33/h1-30H. The van der Waals surface area contributed by atoms with E-state index in [-0.39, 0.29) is 0 Å². The number of fused-ring (bicyclic) bond motifs is 3. The Morgan fingerprint density at radius 3 is 1.52 bits per heavy atom. The molecule has 208 valence electrons. The van der Waals surface area contributed by atoms with E-state index in [9.17, 15) is 0 Å². The summed E-state index contributed by atoms with van der Waals surface area (Å²) in [6.07, 6.45) is 0. The van der Waals surface area contributed by atoms with E-state index in [1.54, 1.807) is 0 Å². The minimum Gasteiger partial charge on any atom is -0.308 e. The van der Waals surface area contributed by atoms with Crippen LogP contribution in [0.1, 0.15) is 0 Å². The van der Waals surface area contributed by atoms with Crippen LogP contribution in [0.2, 0.25) is 0 Å². The molecule has 0 saturated carbocycles. The van der Waals surface area contributed by atoms with Crippen LogP contribution < -0.4 is 20.9 Å². The Bertz CT molecular complexity index is 2150. The van der Waals surface area contributed by atoms with Gasteiger partial charge in [-0.15, -0.1) is 0 Å². The minimum absolute atomic E-state index is 1.03. The molecular formula is C41H30N2Si. The molecule has 8 rings (SSSR count). The summed E-state index contributed by atoms with van der Waals surface area (Å²) in [4.78, 5) is 5.67. The molecule has 3 heteroatoms. The monoisotopic (exact) mass is 578 g/mol. The molecule has 2 aromatic heterocycles. The number of pyridine rings is 1. The lowest BCUT2D eigenvalue weighted by Crippen LogP contribution is -2.75. The van der Waals surface area contributed by atoms with Crippen LogP contribution in [0.3, 0.4) is 0 Å². The van der Waals surface area contributed by atoms with Crippen LogP contribution in [0, 0.1) is 0 Å². The van der Waals surface area contributed by atoms with Crippen LogP contribution in [0.15, 0.2) is 182 Å². The number of nitrogens with zero attached hydrogens (tertiary/aromatic N) is 2. The fraction of sp³-hybridized carbons (Fsp3) is 0. The van der Waals surface area contributed by atoms with Crippen molar-refractivity contribution < 1.29 is 0 Å². The van der Waals surface area contributed by atoms with Crippen LogP contribution in [-0.4, -0.2) is 17.6 Å². The zero-order valence-electron chi connectivity index (χ0n) is 24.2. The summed E-state index contributed by atoms with van der Waals surface area (Å²) in [5.74, 6) is 0. The third-order valence-electron chi connectivity index (χ3n) is 8.75. The van der Waals surface area contributed by atoms with Crippen molar-refractivity contribution in [3.63, 3.8) is 0 Å². The third kappa shape index (κ3) is 4.21. The molecule has 44 heavy (non-hydrogen) atoms. The maximum atomic E-state index is 5.67. The molecule has 0 radical (unpaired) electrons. The summed E-state index contributed by atoms with van der Waals surface area (Å²) >= 11 is 0. The summed E-state index contributed by atoms with van der Waals surface area (Å²) in [5, 5.41) is 6.24. The number of benzene rings is 6. The second kappa shape index (κ2) is 11.0. The van der Waals surface area contributed by atoms with Crippen molar-refractivity contribution in [2.75, 3.05) is 0 Å². The molecule has 0 aliphatic rings. The fourth-order valence-corrected chi connectivity index (χ4v) is 11.3. The third-order valence-corrected chi connectivity index (χ3v) is 13.4. The number of rotatable bonds is 6. The first-order valence-electron chi connectivity index (χ1n) is 15.1. The number of para-hydroxylation sites is 2. The average molecular weight is 579 g/mol. The summed E-state index contributed by atoms with van der Waals surface area (Å²) < 4.78 is 2.34. The predicted octanol–water partition coefficient (Wildman–Crippen LogP) is 7.22. The molecule has 6 aromatic carbocycles. The van der Waals surface area contributed by atoms with Gasteiger partial charge in [-0.1, -0.05) is 152 Å². The number of hydrogen-bond acceptors (Lipinski definition) is 1. The minimum atomic E-state index is -2.82. The van der Waals surface area contributed by atoms with E-state index in [0.29, 0.717) is 0 Å². The Morgan fingerprint density at radius 1 is 0.386 bits per heavy atom. The summed E-state index contributed by atoms with van der Waals surface area (Å²) in [5.41, 5.74) is 6.89. The Kier molecular flexibility index (Phi) is 6.51. The smallest absolute Gasteiger partial charge is 0.201 e. The van der Waals surface area contributed by atoms with Crippen molar-refractivity contribution in [3.8, 4) is 16.8 Å². The van der Waals surface area contributed by atoms with Gasteiger partial charge in [-0.05, 0) is 57.0 Å². The second-order valence-corrected chi connectivity index (χ2v) is 14.9. The van der Waals surface area contributed by atoms with Gasteiger partial charge >= 0.3 is 0 Å². The Balaban J connectivity index is 1.44. The molecule has 0 amide bonds. The van der Waals surface area contributed by atoms with Gasteiger partial charge in [-0.2, -0.15) is 0 Å². The van der Waals surface area contributed by atoms with E-state index in [0.717, 1.165) is 32.9 Å². The van der Waals surface area contributed by atoms with Crippen molar-refractivity contribution in [2.24, 2.45) is 0 Å². The zero-order valence-corrected chi connectivity index (χ0v) is 25.2. The van der Waals surface area contributed by atoms with Crippen molar-refractivity contribution in [1.82, 2.24) is 9.55 Å². The van der Waals surface area contributed by atoms with E-state index < -0.39 is 8.07 Å². The highest BCUT2D eigenvalue weighted by molar-refractivity contribution is 7.19. The molecule has 0 aliphatic carbocycles. The van der Waals surface area contributed by atoms with Gasteiger partial charge in [0.05, 0.1) is 16.6 Å². The second-order valence-electron chi connectivity index (χ2n) is 11.2. The summed E-state index contributed by atoms with van der Waals surface area (Å²) in [7, 11) is -2.82. The zero-order chi connectivity index (χ0) is 29.3. The van der Waals surface area contributed by atoms with Crippen LogP contribution in [0.4, 0.5) is 0 Å². The van der Waals surface area contributed by atoms with Crippen molar-refractivity contribution in [3.05, 3.63) is 182 Å². The van der Waals surface area contributed by atoms with Gasteiger partial charge in [0.15, 0.2) is 0 Å². The van der Waals surface area contributed by atoms with Gasteiger partial charge in [0.25, 0.3) is 0 Å². The van der Waals surface area contributed by atoms with Crippen LogP contribution in [0.5, 0.6) is 0 Å². The largest absolute Gasteiger partial charge is 0.308 e. The molecule has 2 nitrogen and oxygen atoms in total. The Labute approximate surface area is 258 Å². The number of hydrogen-bond donors (Lipinski definition) is 0. The quantitative estimate of drug-likeness (QED) is 0.150. The molecule has 8 aromatic rings. The van der Waals surface area contributed by atoms with Crippen LogP contribution in [0.25, 0.3) is 38.8 Å². The Hall–Kier alpha value is -5.51. The van der Waals surface area contributed by atoms with Gasteiger partial charge in [-0.3, -0.25) is 4.98 Å². The molecule has 0 fully saturated rings. The van der Waals surface area contributed by atoms with Gasteiger partial charge in [-0.25, -0.2) is 0 Å². The SMILES string of the molecule is c1ccc(-c2ccc([Si](c3ccccc3)(c3ccccc3)c3ccc4c(n3)c3ccccc3n4-c3ccccc3)cc2)cc1. The molecule has 0 spiro atoms. The lowest BCUT2D eigenvalue weighted by atomic mass is 10.1. The van der Waals surface area contributed by atoms with Gasteiger partial charge in [0, 0.05) is 16.4 Å². The van der Waals surface area contributed by atoms with E-state index >= 15 is 0 Å². The molecule has 2 heterocycles. The highest BCUT2D eigenvalue weighted by Gasteiger charge is 2.43. The maximum Gasteiger partial charge on any atom is 0.201 e. The average Bonchev–Trinajstić information content (AvgIpc) is 3.44. The lowest BCUT2D eigenvalue weighted by Gasteiger charge is -2.33. The molecule has 0 aliphatic heterocycles. The molecule has 0 N–H and O–H groups in total. The first kappa shape index (κ1) is 26.1. The molecule has 0 saturated heterocycles. The van der Waals surface area contributed by atoms with Crippen molar-refractivity contribution in [1.29, 1.82) is 0 Å². The van der Waals surface area contributed by atoms with Gasteiger partial charge in [0.1, 0.15) is 0 Å². The normalized spacial score (nSPS) is 11.6. The molecule has 0 unspecified atom stereocenters. The lowest BCUT2D eigenvalue weighted by molar-refractivity contribution is 1.18. The fourth-order valence-electron chi connectivity index (χ4n) is 6.76. The summed E-state index contributed by atoms with van der Waals surface area (Å²) in [6, 6.07) is 65.7. The van der Waals surface area contributed by atoms with Gasteiger partial charge in [0.2, 0.25) is 8.07 Å². The first-order valence-corrected chi connectivity index (χ1v) is 17.1. The molecule has 0 atom stereocenters. The first-order chi connectivity index (χ1) is 21.8. The maximum absolute atomic E-state index is 5.67. The van der Waals surface area contributed by atoms with Crippen LogP contribution >= 0.6 is 0 Å². The van der Waals surface area contributed by atoms with Crippen molar-refractivity contribution >= 4 is 50.9 Å².